The third-order valence-corrected chi connectivity index (χ3v) is 4.95. The summed E-state index contributed by atoms with van der Waals surface area (Å²) in [6.07, 6.45) is 3.56. The Kier molecular flexibility index (Phi) is 4.10. The van der Waals surface area contributed by atoms with E-state index in [-0.39, 0.29) is 11.9 Å². The number of imidazole rings is 1. The van der Waals surface area contributed by atoms with Crippen molar-refractivity contribution in [2.45, 2.75) is 25.8 Å². The zero-order valence-corrected chi connectivity index (χ0v) is 15.3. The van der Waals surface area contributed by atoms with E-state index in [1.807, 2.05) is 36.7 Å². The van der Waals surface area contributed by atoms with Crippen LogP contribution in [0.4, 0.5) is 5.95 Å². The molecule has 1 aliphatic rings. The van der Waals surface area contributed by atoms with E-state index in [4.69, 9.17) is 4.98 Å². The Bertz CT molecular complexity index is 950. The van der Waals surface area contributed by atoms with Crippen molar-refractivity contribution in [3.8, 4) is 0 Å². The molecule has 26 heavy (non-hydrogen) atoms. The summed E-state index contributed by atoms with van der Waals surface area (Å²) in [5.74, 6) is 0.879. The third kappa shape index (κ3) is 2.91. The second-order valence-electron chi connectivity index (χ2n) is 6.85. The molecule has 136 valence electrons. The zero-order valence-electron chi connectivity index (χ0n) is 15.3. The van der Waals surface area contributed by atoms with Crippen molar-refractivity contribution in [2.24, 2.45) is 14.1 Å². The number of hydrogen-bond donors (Lipinski definition) is 1. The van der Waals surface area contributed by atoms with E-state index in [2.05, 4.69) is 20.3 Å². The number of fused-ring (bicyclic) bond motifs is 1. The summed E-state index contributed by atoms with van der Waals surface area (Å²) in [6.45, 7) is 3.60. The first-order valence-corrected chi connectivity index (χ1v) is 8.87. The van der Waals surface area contributed by atoms with Crippen LogP contribution in [-0.2, 0) is 14.1 Å². The minimum Gasteiger partial charge on any atom is -0.348 e. The van der Waals surface area contributed by atoms with Crippen LogP contribution in [-0.4, -0.2) is 49.4 Å². The molecule has 4 rings (SSSR count). The Labute approximate surface area is 151 Å². The second kappa shape index (κ2) is 6.44. The number of amides is 1. The first-order valence-electron chi connectivity index (χ1n) is 8.87. The maximum Gasteiger partial charge on any atom is 0.269 e. The van der Waals surface area contributed by atoms with Crippen molar-refractivity contribution in [2.75, 3.05) is 18.0 Å². The van der Waals surface area contributed by atoms with Gasteiger partial charge in [-0.25, -0.2) is 9.97 Å². The Balaban J connectivity index is 1.41. The fourth-order valence-electron chi connectivity index (χ4n) is 3.60. The predicted molar refractivity (Wildman–Crippen MR) is 99.2 cm³/mol. The molecule has 8 heteroatoms. The molecule has 0 radical (unpaired) electrons. The van der Waals surface area contributed by atoms with Crippen LogP contribution in [0.5, 0.6) is 0 Å². The van der Waals surface area contributed by atoms with Gasteiger partial charge in [0.05, 0.1) is 5.69 Å². The first kappa shape index (κ1) is 16.6. The molecule has 3 aromatic heterocycles. The van der Waals surface area contributed by atoms with Crippen molar-refractivity contribution in [3.05, 3.63) is 35.8 Å². The maximum absolute atomic E-state index is 12.5. The van der Waals surface area contributed by atoms with E-state index in [0.717, 1.165) is 48.7 Å². The van der Waals surface area contributed by atoms with Gasteiger partial charge in [0.25, 0.3) is 5.91 Å². The quantitative estimate of drug-likeness (QED) is 0.770. The average Bonchev–Trinajstić information content (AvgIpc) is 3.15. The van der Waals surface area contributed by atoms with Gasteiger partial charge in [0.1, 0.15) is 11.2 Å². The van der Waals surface area contributed by atoms with E-state index in [1.165, 1.54) is 0 Å². The lowest BCUT2D eigenvalue weighted by molar-refractivity contribution is 0.0921. The fraction of sp³-hybridized carbons (Fsp3) is 0.444. The molecule has 3 aromatic rings. The molecular weight excluding hydrogens is 330 g/mol. The SMILES string of the molecule is Cc1cc(C(=O)NC2CCN(c3nc4cccnc4n3C)CC2)n(C)n1. The molecule has 0 spiro atoms. The van der Waals surface area contributed by atoms with Gasteiger partial charge < -0.3 is 10.2 Å². The number of nitrogens with zero attached hydrogens (tertiary/aromatic N) is 6. The number of carbonyl (C=O) groups excluding carboxylic acids is 1. The minimum atomic E-state index is -0.0570. The number of nitrogens with one attached hydrogen (secondary N) is 1. The molecule has 0 bridgehead atoms. The normalized spacial score (nSPS) is 15.6. The highest BCUT2D eigenvalue weighted by Gasteiger charge is 2.25. The van der Waals surface area contributed by atoms with Crippen molar-refractivity contribution in [3.63, 3.8) is 0 Å². The predicted octanol–water partition coefficient (Wildman–Crippen LogP) is 1.41. The number of hydrogen-bond acceptors (Lipinski definition) is 5. The van der Waals surface area contributed by atoms with E-state index in [0.29, 0.717) is 5.69 Å². The average molecular weight is 353 g/mol. The Morgan fingerprint density at radius 1 is 1.27 bits per heavy atom. The van der Waals surface area contributed by atoms with Crippen LogP contribution < -0.4 is 10.2 Å². The van der Waals surface area contributed by atoms with Gasteiger partial charge in [0.15, 0.2) is 5.65 Å². The van der Waals surface area contributed by atoms with Crippen LogP contribution in [0.15, 0.2) is 24.4 Å². The number of rotatable bonds is 3. The van der Waals surface area contributed by atoms with E-state index in [1.54, 1.807) is 17.9 Å². The molecule has 1 saturated heterocycles. The number of piperidine rings is 1. The summed E-state index contributed by atoms with van der Waals surface area (Å²) in [5.41, 5.74) is 3.26. The molecule has 8 nitrogen and oxygen atoms in total. The lowest BCUT2D eigenvalue weighted by Crippen LogP contribution is -2.45. The van der Waals surface area contributed by atoms with Gasteiger partial charge in [0, 0.05) is 39.4 Å². The standard InChI is InChI=1S/C18H23N7O/c1-12-11-15(24(3)22-12)17(26)20-13-6-9-25(10-7-13)18-21-14-5-4-8-19-16(14)23(18)2/h4-5,8,11,13H,6-7,9-10H2,1-3H3,(H,20,26). The molecule has 0 unspecified atom stereocenters. The van der Waals surface area contributed by atoms with Crippen LogP contribution in [0, 0.1) is 6.92 Å². The smallest absolute Gasteiger partial charge is 0.269 e. The number of carbonyl (C=O) groups is 1. The van der Waals surface area contributed by atoms with Gasteiger partial charge in [-0.1, -0.05) is 0 Å². The summed E-state index contributed by atoms with van der Waals surface area (Å²) in [4.78, 5) is 23.8. The van der Waals surface area contributed by atoms with Crippen molar-refractivity contribution >= 4 is 23.0 Å². The molecule has 0 aliphatic carbocycles. The monoisotopic (exact) mass is 353 g/mol. The highest BCUT2D eigenvalue weighted by Crippen LogP contribution is 2.23. The van der Waals surface area contributed by atoms with Crippen molar-refractivity contribution in [1.82, 2.24) is 29.6 Å². The Hall–Kier alpha value is -2.90. The van der Waals surface area contributed by atoms with E-state index in [9.17, 15) is 4.79 Å². The van der Waals surface area contributed by atoms with E-state index >= 15 is 0 Å². The number of aryl methyl sites for hydroxylation is 3. The molecule has 1 aliphatic heterocycles. The van der Waals surface area contributed by atoms with Gasteiger partial charge in [0.2, 0.25) is 5.95 Å². The molecule has 1 fully saturated rings. The lowest BCUT2D eigenvalue weighted by atomic mass is 10.1. The summed E-state index contributed by atoms with van der Waals surface area (Å²) >= 11 is 0. The van der Waals surface area contributed by atoms with E-state index < -0.39 is 0 Å². The molecule has 4 heterocycles. The third-order valence-electron chi connectivity index (χ3n) is 4.95. The van der Waals surface area contributed by atoms with Gasteiger partial charge in [-0.3, -0.25) is 14.0 Å². The molecule has 0 saturated carbocycles. The van der Waals surface area contributed by atoms with Crippen molar-refractivity contribution < 1.29 is 4.79 Å². The largest absolute Gasteiger partial charge is 0.348 e. The summed E-state index contributed by atoms with van der Waals surface area (Å²) in [7, 11) is 3.79. The first-order chi connectivity index (χ1) is 12.5. The molecular formula is C18H23N7O. The fourth-order valence-corrected chi connectivity index (χ4v) is 3.60. The summed E-state index contributed by atoms with van der Waals surface area (Å²) < 4.78 is 3.67. The number of anilines is 1. The van der Waals surface area contributed by atoms with Crippen LogP contribution in [0.3, 0.4) is 0 Å². The van der Waals surface area contributed by atoms with Gasteiger partial charge in [-0.05, 0) is 38.0 Å². The molecule has 1 amide bonds. The maximum atomic E-state index is 12.5. The summed E-state index contributed by atoms with van der Waals surface area (Å²) in [6, 6.07) is 5.87. The minimum absolute atomic E-state index is 0.0570. The summed E-state index contributed by atoms with van der Waals surface area (Å²) in [5, 5.41) is 7.37. The second-order valence-corrected chi connectivity index (χ2v) is 6.85. The highest BCUT2D eigenvalue weighted by atomic mass is 16.2. The topological polar surface area (TPSA) is 80.9 Å². The Morgan fingerprint density at radius 3 is 2.69 bits per heavy atom. The van der Waals surface area contributed by atoms with Gasteiger partial charge in [-0.15, -0.1) is 0 Å². The number of pyridine rings is 1. The zero-order chi connectivity index (χ0) is 18.3. The van der Waals surface area contributed by atoms with Crippen LogP contribution in [0.2, 0.25) is 0 Å². The number of aromatic nitrogens is 5. The molecule has 0 atom stereocenters. The van der Waals surface area contributed by atoms with Crippen LogP contribution in [0.1, 0.15) is 29.0 Å². The van der Waals surface area contributed by atoms with Gasteiger partial charge in [-0.2, -0.15) is 5.10 Å². The molecule has 0 aromatic carbocycles. The highest BCUT2D eigenvalue weighted by molar-refractivity contribution is 5.92. The van der Waals surface area contributed by atoms with Gasteiger partial charge >= 0.3 is 0 Å². The Morgan fingerprint density at radius 2 is 2.04 bits per heavy atom. The molecule has 1 N–H and O–H groups in total. The van der Waals surface area contributed by atoms with Crippen LogP contribution in [0.25, 0.3) is 11.2 Å². The van der Waals surface area contributed by atoms with Crippen LogP contribution >= 0.6 is 0 Å². The van der Waals surface area contributed by atoms with Crippen molar-refractivity contribution in [1.29, 1.82) is 0 Å². The lowest BCUT2D eigenvalue weighted by Gasteiger charge is -2.32.